The number of likely N-dealkylation sites (tertiary alicyclic amines) is 1. The molecule has 2 aromatic carbocycles. The predicted octanol–water partition coefficient (Wildman–Crippen LogP) is 5.84. The normalized spacial score (nSPS) is 16.2. The van der Waals surface area contributed by atoms with E-state index in [0.29, 0.717) is 38.6 Å². The Morgan fingerprint density at radius 1 is 0.847 bits per heavy atom. The first-order valence-electron chi connectivity index (χ1n) is 20.6. The van der Waals surface area contributed by atoms with Gasteiger partial charge in [0.05, 0.1) is 19.1 Å². The molecule has 1 aliphatic rings. The molecule has 0 radical (unpaired) electrons. The Labute approximate surface area is 349 Å². The van der Waals surface area contributed by atoms with Crippen LogP contribution in [0.1, 0.15) is 91.7 Å². The fraction of sp³-hybridized carbons (Fsp3) is 0.556. The molecule has 14 heteroatoms. The number of hydrogen-bond donors (Lipinski definition) is 4. The molecule has 0 aliphatic carbocycles. The fourth-order valence-corrected chi connectivity index (χ4v) is 6.75. The third-order valence-corrected chi connectivity index (χ3v) is 9.66. The first-order chi connectivity index (χ1) is 28.0. The third kappa shape index (κ3) is 17.2. The highest BCUT2D eigenvalue weighted by atomic mass is 16.6. The number of alkyl carbamates (subject to hydrolysis) is 2. The van der Waals surface area contributed by atoms with Crippen LogP contribution in [0.4, 0.5) is 9.59 Å². The molecule has 324 valence electrons. The Kier molecular flexibility index (Phi) is 19.4. The van der Waals surface area contributed by atoms with E-state index in [0.717, 1.165) is 11.1 Å². The van der Waals surface area contributed by atoms with Crippen molar-refractivity contribution in [3.63, 3.8) is 0 Å². The van der Waals surface area contributed by atoms with Gasteiger partial charge in [-0.25, -0.2) is 14.4 Å². The fourth-order valence-electron chi connectivity index (χ4n) is 6.75. The zero-order valence-electron chi connectivity index (χ0n) is 36.0. The first kappa shape index (κ1) is 48.0. The number of benzene rings is 2. The van der Waals surface area contributed by atoms with Gasteiger partial charge in [-0.15, -0.1) is 0 Å². The average molecular weight is 820 g/mol. The van der Waals surface area contributed by atoms with Crippen molar-refractivity contribution in [2.45, 2.75) is 123 Å². The zero-order valence-corrected chi connectivity index (χ0v) is 36.0. The predicted molar refractivity (Wildman–Crippen MR) is 225 cm³/mol. The second-order valence-electron chi connectivity index (χ2n) is 16.7. The van der Waals surface area contributed by atoms with E-state index >= 15 is 0 Å². The summed E-state index contributed by atoms with van der Waals surface area (Å²) in [6.07, 6.45) is 4.97. The summed E-state index contributed by atoms with van der Waals surface area (Å²) in [5, 5.41) is 11.2. The van der Waals surface area contributed by atoms with Crippen LogP contribution in [0, 0.1) is 17.8 Å². The molecule has 1 fully saturated rings. The summed E-state index contributed by atoms with van der Waals surface area (Å²) in [5.41, 5.74) is 1.11. The van der Waals surface area contributed by atoms with Crippen molar-refractivity contribution in [2.75, 3.05) is 20.2 Å². The lowest BCUT2D eigenvalue weighted by molar-refractivity contribution is -0.146. The summed E-state index contributed by atoms with van der Waals surface area (Å²) < 4.78 is 15.7. The molecule has 5 atom stereocenters. The van der Waals surface area contributed by atoms with Crippen molar-refractivity contribution in [3.8, 4) is 0 Å². The number of methoxy groups -OCH3 is 1. The zero-order chi connectivity index (χ0) is 43.5. The number of esters is 1. The van der Waals surface area contributed by atoms with Gasteiger partial charge in [0.25, 0.3) is 0 Å². The van der Waals surface area contributed by atoms with Crippen molar-refractivity contribution in [2.24, 2.45) is 17.8 Å². The third-order valence-electron chi connectivity index (χ3n) is 9.66. The summed E-state index contributed by atoms with van der Waals surface area (Å²) in [7, 11) is 1.22. The van der Waals surface area contributed by atoms with Crippen LogP contribution in [0.25, 0.3) is 0 Å². The topological polar surface area (TPSA) is 181 Å². The Morgan fingerprint density at radius 2 is 1.49 bits per heavy atom. The molecule has 0 spiro atoms. The van der Waals surface area contributed by atoms with Gasteiger partial charge in [-0.1, -0.05) is 101 Å². The molecule has 14 nitrogen and oxygen atoms in total. The number of carbonyl (C=O) groups is 6. The smallest absolute Gasteiger partial charge is 0.408 e. The molecule has 5 amide bonds. The standard InChI is InChI=1S/C45H65N5O9/c1-30(2)27-35(47-44(56)59-45(5,6)7)24-23-34(28-32-17-11-9-12-18-32)41(53)50-26-16-22-37(50)39(51)49-38(31(3)4)40(52)48-36(42(54)57-8)21-15-25-46-43(55)58-29-33-19-13-10-14-20-33/h9-14,17-20,23-24,30-31,34-38H,15-16,21-22,25-29H2,1-8H3,(H,46,55)(H,47,56)(H,48,52)(H,49,51)/b24-23+/t34-,35-,36-,37-,38+/m1/s1. The van der Waals surface area contributed by atoms with Crippen molar-refractivity contribution in [1.29, 1.82) is 0 Å². The van der Waals surface area contributed by atoms with E-state index in [4.69, 9.17) is 14.2 Å². The first-order valence-corrected chi connectivity index (χ1v) is 20.6. The van der Waals surface area contributed by atoms with Crippen LogP contribution in [-0.2, 0) is 46.4 Å². The highest BCUT2D eigenvalue weighted by molar-refractivity contribution is 5.94. The van der Waals surface area contributed by atoms with Gasteiger partial charge in [-0.3, -0.25) is 14.4 Å². The average Bonchev–Trinajstić information content (AvgIpc) is 3.68. The van der Waals surface area contributed by atoms with Gasteiger partial charge in [0, 0.05) is 13.1 Å². The maximum atomic E-state index is 14.4. The quantitative estimate of drug-likeness (QED) is 0.0553. The lowest BCUT2D eigenvalue weighted by Gasteiger charge is -2.30. The van der Waals surface area contributed by atoms with Gasteiger partial charge >= 0.3 is 18.2 Å². The maximum absolute atomic E-state index is 14.4. The molecular formula is C45H65N5O9. The Balaban J connectivity index is 1.69. The van der Waals surface area contributed by atoms with Crippen LogP contribution in [0.2, 0.25) is 0 Å². The van der Waals surface area contributed by atoms with Gasteiger partial charge in [0.2, 0.25) is 17.7 Å². The highest BCUT2D eigenvalue weighted by Crippen LogP contribution is 2.24. The Morgan fingerprint density at radius 3 is 2.08 bits per heavy atom. The van der Waals surface area contributed by atoms with Gasteiger partial charge in [0.1, 0.15) is 30.3 Å². The van der Waals surface area contributed by atoms with E-state index < -0.39 is 65.7 Å². The molecule has 4 N–H and O–H groups in total. The lowest BCUT2D eigenvalue weighted by Crippen LogP contribution is -2.57. The van der Waals surface area contributed by atoms with Crippen LogP contribution in [-0.4, -0.2) is 90.7 Å². The Bertz CT molecular complexity index is 1690. The molecule has 1 aliphatic heterocycles. The summed E-state index contributed by atoms with van der Waals surface area (Å²) in [6.45, 7) is 13.7. The molecule has 1 heterocycles. The minimum Gasteiger partial charge on any atom is -0.467 e. The number of hydrogen-bond acceptors (Lipinski definition) is 9. The monoisotopic (exact) mass is 819 g/mol. The summed E-state index contributed by atoms with van der Waals surface area (Å²) in [6, 6.07) is 15.6. The number of nitrogens with one attached hydrogen (secondary N) is 4. The molecule has 1 saturated heterocycles. The number of ether oxygens (including phenoxy) is 3. The van der Waals surface area contributed by atoms with E-state index in [2.05, 4.69) is 21.3 Å². The van der Waals surface area contributed by atoms with Crippen molar-refractivity contribution in [1.82, 2.24) is 26.2 Å². The van der Waals surface area contributed by atoms with E-state index in [9.17, 15) is 28.8 Å². The second-order valence-corrected chi connectivity index (χ2v) is 16.7. The van der Waals surface area contributed by atoms with E-state index in [1.807, 2.05) is 86.7 Å². The van der Waals surface area contributed by atoms with Crippen LogP contribution >= 0.6 is 0 Å². The highest BCUT2D eigenvalue weighted by Gasteiger charge is 2.39. The number of amides is 5. The second kappa shape index (κ2) is 23.9. The van der Waals surface area contributed by atoms with Gasteiger partial charge in [-0.05, 0) is 82.3 Å². The maximum Gasteiger partial charge on any atom is 0.408 e. The summed E-state index contributed by atoms with van der Waals surface area (Å²) in [5.74, 6) is -2.73. The van der Waals surface area contributed by atoms with E-state index in [-0.39, 0.29) is 37.3 Å². The van der Waals surface area contributed by atoms with Gasteiger partial charge in [0.15, 0.2) is 0 Å². The van der Waals surface area contributed by atoms with Crippen LogP contribution in [0.3, 0.4) is 0 Å². The molecule has 3 rings (SSSR count). The van der Waals surface area contributed by atoms with Crippen molar-refractivity contribution < 1.29 is 43.0 Å². The van der Waals surface area contributed by atoms with Crippen molar-refractivity contribution >= 4 is 35.9 Å². The van der Waals surface area contributed by atoms with Crippen LogP contribution in [0.5, 0.6) is 0 Å². The minimum atomic E-state index is -1.03. The number of carbonyl (C=O) groups excluding carboxylic acids is 6. The number of nitrogens with zero attached hydrogens (tertiary/aromatic N) is 1. The largest absolute Gasteiger partial charge is 0.467 e. The van der Waals surface area contributed by atoms with E-state index in [1.54, 1.807) is 39.5 Å². The molecule has 0 unspecified atom stereocenters. The molecular weight excluding hydrogens is 755 g/mol. The van der Waals surface area contributed by atoms with Gasteiger partial charge in [-0.2, -0.15) is 0 Å². The molecule has 0 bridgehead atoms. The SMILES string of the molecule is COC(=O)[C@@H](CCCNC(=O)OCc1ccccc1)NC(=O)[C@@H](NC(=O)[C@H]1CCCN1C(=O)[C@H](/C=C/[C@H](CC(C)C)NC(=O)OC(C)(C)C)Cc1ccccc1)C(C)C. The number of rotatable bonds is 20. The molecule has 59 heavy (non-hydrogen) atoms. The lowest BCUT2D eigenvalue weighted by atomic mass is 9.94. The summed E-state index contributed by atoms with van der Waals surface area (Å²) >= 11 is 0. The Hall–Kier alpha value is -5.40. The van der Waals surface area contributed by atoms with E-state index in [1.165, 1.54) is 7.11 Å². The van der Waals surface area contributed by atoms with Crippen LogP contribution < -0.4 is 21.3 Å². The van der Waals surface area contributed by atoms with Crippen molar-refractivity contribution in [3.05, 3.63) is 83.9 Å². The van der Waals surface area contributed by atoms with Gasteiger partial charge < -0.3 is 40.4 Å². The summed E-state index contributed by atoms with van der Waals surface area (Å²) in [4.78, 5) is 81.2. The molecule has 0 saturated carbocycles. The molecule has 0 aromatic heterocycles. The van der Waals surface area contributed by atoms with Crippen LogP contribution in [0.15, 0.2) is 72.8 Å². The molecule has 2 aromatic rings. The minimum absolute atomic E-state index is 0.113.